The van der Waals surface area contributed by atoms with E-state index in [2.05, 4.69) is 6.92 Å². The minimum atomic E-state index is -0.156. The average molecular weight is 305 g/mol. The van der Waals surface area contributed by atoms with Gasteiger partial charge in [-0.3, -0.25) is 4.79 Å². The van der Waals surface area contributed by atoms with E-state index in [9.17, 15) is 4.79 Å². The molecule has 0 heterocycles. The van der Waals surface area contributed by atoms with E-state index >= 15 is 0 Å². The van der Waals surface area contributed by atoms with Gasteiger partial charge >= 0.3 is 5.97 Å². The first kappa shape index (κ1) is 19.8. The lowest BCUT2D eigenvalue weighted by atomic mass is 10.1. The molecule has 0 aromatic carbocycles. The summed E-state index contributed by atoms with van der Waals surface area (Å²) >= 11 is 5.59. The van der Waals surface area contributed by atoms with E-state index < -0.39 is 0 Å². The van der Waals surface area contributed by atoms with Gasteiger partial charge in [0.2, 0.25) is 0 Å². The SMILES string of the molecule is CCCCCCCCCCCCCC(=O)OC(C)CCl. The summed E-state index contributed by atoms with van der Waals surface area (Å²) in [4.78, 5) is 11.4. The number of halogens is 1. The summed E-state index contributed by atoms with van der Waals surface area (Å²) in [7, 11) is 0. The predicted molar refractivity (Wildman–Crippen MR) is 87.4 cm³/mol. The van der Waals surface area contributed by atoms with Crippen LogP contribution < -0.4 is 0 Å². The van der Waals surface area contributed by atoms with E-state index in [-0.39, 0.29) is 12.1 Å². The molecule has 0 N–H and O–H groups in total. The van der Waals surface area contributed by atoms with Crippen molar-refractivity contribution in [2.75, 3.05) is 5.88 Å². The third-order valence-electron chi connectivity index (χ3n) is 3.53. The Morgan fingerprint density at radius 1 is 0.900 bits per heavy atom. The Morgan fingerprint density at radius 2 is 1.35 bits per heavy atom. The molecule has 0 aromatic heterocycles. The van der Waals surface area contributed by atoms with Crippen molar-refractivity contribution in [3.8, 4) is 0 Å². The van der Waals surface area contributed by atoms with Crippen LogP contribution in [0.15, 0.2) is 0 Å². The van der Waals surface area contributed by atoms with Crippen molar-refractivity contribution in [1.82, 2.24) is 0 Å². The molecule has 0 spiro atoms. The molecule has 0 fully saturated rings. The van der Waals surface area contributed by atoms with E-state index in [0.717, 1.165) is 12.8 Å². The molecule has 0 aliphatic carbocycles. The predicted octanol–water partition coefficient (Wildman–Crippen LogP) is 5.86. The summed E-state index contributed by atoms with van der Waals surface area (Å²) in [5.41, 5.74) is 0. The number of hydrogen-bond donors (Lipinski definition) is 0. The van der Waals surface area contributed by atoms with E-state index in [4.69, 9.17) is 16.3 Å². The lowest BCUT2D eigenvalue weighted by Gasteiger charge is -2.09. The lowest BCUT2D eigenvalue weighted by Crippen LogP contribution is -2.15. The molecule has 1 unspecified atom stereocenters. The molecule has 2 nitrogen and oxygen atoms in total. The monoisotopic (exact) mass is 304 g/mol. The van der Waals surface area contributed by atoms with Gasteiger partial charge in [-0.05, 0) is 13.3 Å². The van der Waals surface area contributed by atoms with E-state index in [1.807, 2.05) is 6.92 Å². The molecule has 0 aliphatic rings. The van der Waals surface area contributed by atoms with Crippen LogP contribution >= 0.6 is 11.6 Å². The Hall–Kier alpha value is -0.240. The number of carbonyl (C=O) groups is 1. The van der Waals surface area contributed by atoms with E-state index in [1.165, 1.54) is 57.8 Å². The number of hydrogen-bond acceptors (Lipinski definition) is 2. The largest absolute Gasteiger partial charge is 0.461 e. The second-order valence-electron chi connectivity index (χ2n) is 5.74. The maximum atomic E-state index is 11.4. The molecular weight excluding hydrogens is 272 g/mol. The summed E-state index contributed by atoms with van der Waals surface area (Å²) in [6.45, 7) is 4.08. The Kier molecular flexibility index (Phi) is 15.0. The standard InChI is InChI=1S/C17H33ClO2/c1-3-4-5-6-7-8-9-10-11-12-13-14-17(19)20-16(2)15-18/h16H,3-15H2,1-2H3. The zero-order valence-corrected chi connectivity index (χ0v) is 14.2. The molecule has 120 valence electrons. The summed E-state index contributed by atoms with van der Waals surface area (Å²) in [5, 5.41) is 0. The van der Waals surface area contributed by atoms with Gasteiger partial charge in [-0.15, -0.1) is 11.6 Å². The highest BCUT2D eigenvalue weighted by molar-refractivity contribution is 6.18. The van der Waals surface area contributed by atoms with Crippen LogP contribution in [-0.4, -0.2) is 18.0 Å². The molecule has 20 heavy (non-hydrogen) atoms. The van der Waals surface area contributed by atoms with Gasteiger partial charge < -0.3 is 4.74 Å². The first-order valence-electron chi connectivity index (χ1n) is 8.46. The van der Waals surface area contributed by atoms with Crippen LogP contribution in [0.2, 0.25) is 0 Å². The number of carbonyl (C=O) groups excluding carboxylic acids is 1. The van der Waals surface area contributed by atoms with Crippen LogP contribution in [-0.2, 0) is 9.53 Å². The zero-order chi connectivity index (χ0) is 15.1. The number of esters is 1. The highest BCUT2D eigenvalue weighted by Gasteiger charge is 2.07. The number of ether oxygens (including phenoxy) is 1. The third kappa shape index (κ3) is 14.2. The zero-order valence-electron chi connectivity index (χ0n) is 13.5. The van der Waals surface area contributed by atoms with Gasteiger partial charge in [0.25, 0.3) is 0 Å². The lowest BCUT2D eigenvalue weighted by molar-refractivity contribution is -0.147. The van der Waals surface area contributed by atoms with Crippen molar-refractivity contribution in [1.29, 1.82) is 0 Å². The number of unbranched alkanes of at least 4 members (excludes halogenated alkanes) is 10. The molecule has 0 saturated carbocycles. The molecule has 0 aromatic rings. The first-order chi connectivity index (χ1) is 9.70. The van der Waals surface area contributed by atoms with Gasteiger partial charge in [0.15, 0.2) is 0 Å². The van der Waals surface area contributed by atoms with Crippen molar-refractivity contribution in [3.63, 3.8) is 0 Å². The van der Waals surface area contributed by atoms with Gasteiger partial charge in [-0.2, -0.15) is 0 Å². The summed E-state index contributed by atoms with van der Waals surface area (Å²) in [6, 6.07) is 0. The summed E-state index contributed by atoms with van der Waals surface area (Å²) in [6.07, 6.45) is 14.7. The fourth-order valence-electron chi connectivity index (χ4n) is 2.25. The molecule has 0 amide bonds. The maximum absolute atomic E-state index is 11.4. The molecule has 0 rings (SSSR count). The highest BCUT2D eigenvalue weighted by Crippen LogP contribution is 2.12. The number of alkyl halides is 1. The van der Waals surface area contributed by atoms with Crippen molar-refractivity contribution in [3.05, 3.63) is 0 Å². The van der Waals surface area contributed by atoms with E-state index in [0.29, 0.717) is 12.3 Å². The molecule has 3 heteroatoms. The molecule has 0 aliphatic heterocycles. The Labute approximate surface area is 130 Å². The third-order valence-corrected chi connectivity index (χ3v) is 3.97. The second kappa shape index (κ2) is 15.2. The highest BCUT2D eigenvalue weighted by atomic mass is 35.5. The molecule has 0 bridgehead atoms. The van der Waals surface area contributed by atoms with Gasteiger partial charge in [-0.25, -0.2) is 0 Å². The van der Waals surface area contributed by atoms with Crippen LogP contribution in [0, 0.1) is 0 Å². The van der Waals surface area contributed by atoms with Crippen LogP contribution in [0.1, 0.15) is 90.9 Å². The van der Waals surface area contributed by atoms with Crippen molar-refractivity contribution in [2.24, 2.45) is 0 Å². The summed E-state index contributed by atoms with van der Waals surface area (Å²) < 4.78 is 5.12. The van der Waals surface area contributed by atoms with Crippen molar-refractivity contribution >= 4 is 17.6 Å². The topological polar surface area (TPSA) is 26.3 Å². The van der Waals surface area contributed by atoms with Crippen molar-refractivity contribution < 1.29 is 9.53 Å². The van der Waals surface area contributed by atoms with Crippen LogP contribution in [0.25, 0.3) is 0 Å². The quantitative estimate of drug-likeness (QED) is 0.228. The Bertz CT molecular complexity index is 219. The Morgan fingerprint density at radius 3 is 1.80 bits per heavy atom. The van der Waals surface area contributed by atoms with Crippen LogP contribution in [0.3, 0.4) is 0 Å². The molecule has 0 radical (unpaired) electrons. The van der Waals surface area contributed by atoms with E-state index in [1.54, 1.807) is 0 Å². The normalized spacial score (nSPS) is 12.3. The maximum Gasteiger partial charge on any atom is 0.306 e. The average Bonchev–Trinajstić information content (AvgIpc) is 2.44. The fourth-order valence-corrected chi connectivity index (χ4v) is 2.31. The number of rotatable bonds is 14. The molecule has 1 atom stereocenters. The van der Waals surface area contributed by atoms with Gasteiger partial charge in [-0.1, -0.05) is 71.1 Å². The van der Waals surface area contributed by atoms with Gasteiger partial charge in [0.05, 0.1) is 5.88 Å². The second-order valence-corrected chi connectivity index (χ2v) is 6.05. The van der Waals surface area contributed by atoms with Crippen LogP contribution in [0.4, 0.5) is 0 Å². The van der Waals surface area contributed by atoms with Gasteiger partial charge in [0, 0.05) is 6.42 Å². The first-order valence-corrected chi connectivity index (χ1v) is 8.99. The molecule has 0 saturated heterocycles. The minimum absolute atomic E-state index is 0.103. The minimum Gasteiger partial charge on any atom is -0.461 e. The Balaban J connectivity index is 3.14. The molecular formula is C17H33ClO2. The van der Waals surface area contributed by atoms with Crippen LogP contribution in [0.5, 0.6) is 0 Å². The van der Waals surface area contributed by atoms with Crippen molar-refractivity contribution in [2.45, 2.75) is 97.0 Å². The summed E-state index contributed by atoms with van der Waals surface area (Å²) in [5.74, 6) is 0.276. The fraction of sp³-hybridized carbons (Fsp3) is 0.941. The van der Waals surface area contributed by atoms with Gasteiger partial charge in [0.1, 0.15) is 6.10 Å². The smallest absolute Gasteiger partial charge is 0.306 e.